The van der Waals surface area contributed by atoms with Gasteiger partial charge in [0.2, 0.25) is 0 Å². The van der Waals surface area contributed by atoms with Gasteiger partial charge in [-0.05, 0) is 0 Å². The van der Waals surface area contributed by atoms with Crippen molar-refractivity contribution in [1.29, 1.82) is 0 Å². The van der Waals surface area contributed by atoms with Crippen LogP contribution in [0.25, 0.3) is 38.0 Å². The molecule has 0 aliphatic carbocycles. The standard InChI is InChI=1S/C35H31GeN2O/c1-23-17-18-28-29-19-20-30(36(4,26-13-9-7-10-14-26)27-15-11-8-12-16-27)33(37-5)35(29)39-34(28)32(23)31-21-24(2)25(3)22-38(31)6/h7-22H,1-4,6H3/q+1/i2D3,3D3. The summed E-state index contributed by atoms with van der Waals surface area (Å²) >= 11 is -3.35. The van der Waals surface area contributed by atoms with Gasteiger partial charge in [-0.25, -0.2) is 0 Å². The number of aromatic nitrogens is 1. The molecule has 0 unspecified atom stereocenters. The molecule has 0 bridgehead atoms. The van der Waals surface area contributed by atoms with Crippen LogP contribution in [0.2, 0.25) is 5.76 Å². The van der Waals surface area contributed by atoms with E-state index in [4.69, 9.17) is 19.2 Å². The molecular weight excluding hydrogens is 537 g/mol. The van der Waals surface area contributed by atoms with Gasteiger partial charge in [-0.15, -0.1) is 0 Å². The average molecular weight is 574 g/mol. The molecule has 190 valence electrons. The number of fused-ring (bicyclic) bond motifs is 3. The summed E-state index contributed by atoms with van der Waals surface area (Å²) in [5, 5.41) is 1.59. The molecule has 2 heterocycles. The Kier molecular flexibility index (Phi) is 4.66. The summed E-state index contributed by atoms with van der Waals surface area (Å²) < 4.78 is 60.1. The van der Waals surface area contributed by atoms with E-state index >= 15 is 0 Å². The van der Waals surface area contributed by atoms with Gasteiger partial charge in [0, 0.05) is 0 Å². The van der Waals surface area contributed by atoms with Crippen LogP contribution in [0.3, 0.4) is 0 Å². The second kappa shape index (κ2) is 9.56. The summed E-state index contributed by atoms with van der Waals surface area (Å²) in [6.07, 6.45) is 1.38. The molecule has 4 aromatic carbocycles. The van der Waals surface area contributed by atoms with Crippen LogP contribution < -0.4 is 17.8 Å². The number of rotatable bonds is 4. The first-order valence-electron chi connectivity index (χ1n) is 15.8. The van der Waals surface area contributed by atoms with Crippen LogP contribution in [-0.4, -0.2) is 13.3 Å². The Balaban J connectivity index is 1.67. The maximum atomic E-state index is 8.39. The number of furan rings is 1. The molecular formula is C35H31GeN2O+. The number of hydrogen-bond donors (Lipinski definition) is 0. The Morgan fingerprint density at radius 1 is 0.795 bits per heavy atom. The van der Waals surface area contributed by atoms with E-state index < -0.39 is 27.0 Å². The fourth-order valence-corrected chi connectivity index (χ4v) is 13.6. The Morgan fingerprint density at radius 2 is 1.41 bits per heavy atom. The van der Waals surface area contributed by atoms with Gasteiger partial charge in [-0.1, -0.05) is 0 Å². The van der Waals surface area contributed by atoms with Gasteiger partial charge in [-0.2, -0.15) is 0 Å². The predicted octanol–water partition coefficient (Wildman–Crippen LogP) is 6.65. The van der Waals surface area contributed by atoms with Crippen LogP contribution in [-0.2, 0) is 7.05 Å². The molecule has 0 atom stereocenters. The van der Waals surface area contributed by atoms with Crippen molar-refractivity contribution in [3.8, 4) is 11.3 Å². The Labute approximate surface area is 241 Å². The first kappa shape index (κ1) is 19.0. The average Bonchev–Trinajstić information content (AvgIpc) is 3.39. The van der Waals surface area contributed by atoms with E-state index in [1.165, 1.54) is 21.1 Å². The van der Waals surface area contributed by atoms with E-state index in [9.17, 15) is 0 Å². The summed E-state index contributed by atoms with van der Waals surface area (Å²) in [6.45, 7) is 5.06. The molecule has 0 radical (unpaired) electrons. The van der Waals surface area contributed by atoms with Gasteiger partial charge in [0.1, 0.15) is 0 Å². The van der Waals surface area contributed by atoms with Crippen molar-refractivity contribution in [3.63, 3.8) is 0 Å². The molecule has 6 aromatic rings. The molecule has 0 spiro atoms. The topological polar surface area (TPSA) is 21.4 Å². The van der Waals surface area contributed by atoms with Gasteiger partial charge in [0.15, 0.2) is 0 Å². The van der Waals surface area contributed by atoms with Crippen molar-refractivity contribution in [3.05, 3.63) is 125 Å². The minimum absolute atomic E-state index is 0.212. The van der Waals surface area contributed by atoms with Crippen molar-refractivity contribution >= 4 is 54.1 Å². The van der Waals surface area contributed by atoms with Crippen molar-refractivity contribution in [2.24, 2.45) is 7.05 Å². The molecule has 4 heteroatoms. The number of pyridine rings is 1. The fraction of sp³-hybridized carbons (Fsp3) is 0.143. The first-order chi connectivity index (χ1) is 21.3. The van der Waals surface area contributed by atoms with Gasteiger partial charge >= 0.3 is 241 Å². The molecule has 0 aliphatic heterocycles. The third-order valence-corrected chi connectivity index (χ3v) is 17.2. The minimum atomic E-state index is -3.35. The zero-order valence-electron chi connectivity index (χ0n) is 28.0. The second-order valence-corrected chi connectivity index (χ2v) is 18.4. The van der Waals surface area contributed by atoms with Crippen LogP contribution in [0.15, 0.2) is 102 Å². The maximum absolute atomic E-state index is 8.39. The molecule has 0 aliphatic rings. The summed E-state index contributed by atoms with van der Waals surface area (Å²) in [6, 6.07) is 30.2. The number of aryl methyl sites for hydroxylation is 4. The van der Waals surface area contributed by atoms with E-state index in [-0.39, 0.29) is 11.1 Å². The van der Waals surface area contributed by atoms with Crippen LogP contribution in [0.1, 0.15) is 24.9 Å². The quantitative estimate of drug-likeness (QED) is 0.131. The van der Waals surface area contributed by atoms with Crippen molar-refractivity contribution in [2.75, 3.05) is 0 Å². The van der Waals surface area contributed by atoms with E-state index in [2.05, 4.69) is 40.9 Å². The van der Waals surface area contributed by atoms with Crippen molar-refractivity contribution in [2.45, 2.75) is 26.4 Å². The van der Waals surface area contributed by atoms with E-state index in [1.807, 2.05) is 61.5 Å². The first-order valence-corrected chi connectivity index (χ1v) is 18.0. The fourth-order valence-electron chi connectivity index (χ4n) is 5.74. The SMILES string of the molecule is [2H]C([2H])([2H])c1cc(-c2c(C)ccc3c2oc2c([N+]#[C-])[c]([Ge]([CH3])([c]4ccccc4)[c]4ccccc4)ccc23)[n+](C)cc1C([2H])([2H])[2H]. The molecule has 0 fully saturated rings. The summed E-state index contributed by atoms with van der Waals surface area (Å²) in [5.74, 6) is 2.31. The van der Waals surface area contributed by atoms with E-state index in [1.54, 1.807) is 11.6 Å². The third-order valence-electron chi connectivity index (χ3n) is 7.87. The summed E-state index contributed by atoms with van der Waals surface area (Å²) in [5.41, 5.74) is 3.06. The van der Waals surface area contributed by atoms with Crippen LogP contribution >= 0.6 is 0 Å². The Morgan fingerprint density at radius 3 is 2.03 bits per heavy atom. The van der Waals surface area contributed by atoms with Crippen LogP contribution in [0.5, 0.6) is 0 Å². The van der Waals surface area contributed by atoms with Gasteiger partial charge < -0.3 is 0 Å². The molecule has 0 amide bonds. The summed E-state index contributed by atoms with van der Waals surface area (Å²) in [4.78, 5) is 4.10. The molecule has 3 nitrogen and oxygen atoms in total. The van der Waals surface area contributed by atoms with Gasteiger partial charge in [0.05, 0.1) is 0 Å². The van der Waals surface area contributed by atoms with Crippen LogP contribution in [0.4, 0.5) is 5.69 Å². The number of nitrogens with zero attached hydrogens (tertiary/aromatic N) is 2. The Bertz CT molecular complexity index is 2090. The molecule has 6 rings (SSSR count). The zero-order valence-corrected chi connectivity index (χ0v) is 24.1. The van der Waals surface area contributed by atoms with Crippen molar-refractivity contribution < 1.29 is 17.2 Å². The molecule has 39 heavy (non-hydrogen) atoms. The van der Waals surface area contributed by atoms with E-state index in [0.717, 1.165) is 20.7 Å². The zero-order chi connectivity index (χ0) is 32.3. The summed E-state index contributed by atoms with van der Waals surface area (Å²) in [7, 11) is 1.70. The van der Waals surface area contributed by atoms with Crippen molar-refractivity contribution in [1.82, 2.24) is 0 Å². The predicted molar refractivity (Wildman–Crippen MR) is 164 cm³/mol. The van der Waals surface area contributed by atoms with E-state index in [0.29, 0.717) is 28.1 Å². The van der Waals surface area contributed by atoms with Gasteiger partial charge in [0.25, 0.3) is 0 Å². The van der Waals surface area contributed by atoms with Gasteiger partial charge in [-0.3, -0.25) is 0 Å². The molecule has 0 saturated heterocycles. The Hall–Kier alpha value is -4.14. The normalized spacial score (nSPS) is 14.6. The number of benzene rings is 4. The second-order valence-electron chi connectivity index (χ2n) is 10.1. The number of hydrogen-bond acceptors (Lipinski definition) is 1. The monoisotopic (exact) mass is 575 g/mol. The third kappa shape index (κ3) is 3.90. The molecule has 0 saturated carbocycles. The molecule has 0 N–H and O–H groups in total. The van der Waals surface area contributed by atoms with Crippen LogP contribution in [0, 0.1) is 27.2 Å². The molecule has 2 aromatic heterocycles.